The van der Waals surface area contributed by atoms with Crippen molar-refractivity contribution in [1.82, 2.24) is 4.90 Å². The highest BCUT2D eigenvalue weighted by molar-refractivity contribution is 7.22. The van der Waals surface area contributed by atoms with Crippen LogP contribution in [-0.4, -0.2) is 23.9 Å². The van der Waals surface area contributed by atoms with E-state index >= 15 is 0 Å². The minimum absolute atomic E-state index is 0.0226. The molecule has 0 saturated heterocycles. The fraction of sp³-hybridized carbons (Fsp3) is 0.308. The van der Waals surface area contributed by atoms with Gasteiger partial charge in [-0.15, -0.1) is 11.3 Å². The number of hydrogen-bond acceptors (Lipinski definition) is 3. The van der Waals surface area contributed by atoms with Crippen LogP contribution in [-0.2, 0) is 0 Å². The number of amides is 1. The number of hydrogen-bond donors (Lipinski definition) is 1. The lowest BCUT2D eigenvalue weighted by atomic mass is 10.2. The normalized spacial score (nSPS) is 10.8. The van der Waals surface area contributed by atoms with Crippen LogP contribution in [0.3, 0.4) is 0 Å². The first-order chi connectivity index (χ1) is 8.60. The van der Waals surface area contributed by atoms with Crippen LogP contribution < -0.4 is 5.73 Å². The van der Waals surface area contributed by atoms with Gasteiger partial charge < -0.3 is 10.6 Å². The standard InChI is InChI=1S/C13H15ClN2OS/c1-3-16(4-2)13(17)12-10(14)8-6-5-7-9(15)11(8)18-12/h5-7H,3-4,15H2,1-2H3. The largest absolute Gasteiger partial charge is 0.398 e. The molecule has 96 valence electrons. The summed E-state index contributed by atoms with van der Waals surface area (Å²) in [7, 11) is 0. The highest BCUT2D eigenvalue weighted by Gasteiger charge is 2.21. The molecule has 2 aromatic rings. The van der Waals surface area contributed by atoms with Crippen LogP contribution in [0.2, 0.25) is 5.02 Å². The number of benzene rings is 1. The number of nitrogens with zero attached hydrogens (tertiary/aromatic N) is 1. The van der Waals surface area contributed by atoms with Crippen LogP contribution in [0.5, 0.6) is 0 Å². The molecular formula is C13H15ClN2OS. The maximum absolute atomic E-state index is 12.3. The van der Waals surface area contributed by atoms with E-state index < -0.39 is 0 Å². The molecule has 2 rings (SSSR count). The third-order valence-electron chi connectivity index (χ3n) is 2.93. The topological polar surface area (TPSA) is 46.3 Å². The number of thiophene rings is 1. The van der Waals surface area contributed by atoms with Gasteiger partial charge in [0.2, 0.25) is 0 Å². The second kappa shape index (κ2) is 5.16. The fourth-order valence-corrected chi connectivity index (χ4v) is 3.40. The Balaban J connectivity index is 2.55. The van der Waals surface area contributed by atoms with Crippen molar-refractivity contribution in [3.8, 4) is 0 Å². The minimum Gasteiger partial charge on any atom is -0.398 e. The smallest absolute Gasteiger partial charge is 0.265 e. The van der Waals surface area contributed by atoms with E-state index in [4.69, 9.17) is 17.3 Å². The number of rotatable bonds is 3. The van der Waals surface area contributed by atoms with E-state index in [-0.39, 0.29) is 5.91 Å². The summed E-state index contributed by atoms with van der Waals surface area (Å²) in [6.45, 7) is 5.26. The maximum Gasteiger partial charge on any atom is 0.265 e. The Morgan fingerprint density at radius 3 is 2.61 bits per heavy atom. The quantitative estimate of drug-likeness (QED) is 0.874. The zero-order valence-corrected chi connectivity index (χ0v) is 11.9. The molecule has 0 aliphatic rings. The van der Waals surface area contributed by atoms with Gasteiger partial charge >= 0.3 is 0 Å². The first kappa shape index (κ1) is 13.2. The Kier molecular flexibility index (Phi) is 3.78. The number of nitrogens with two attached hydrogens (primary N) is 1. The summed E-state index contributed by atoms with van der Waals surface area (Å²) in [6, 6.07) is 5.56. The minimum atomic E-state index is -0.0226. The summed E-state index contributed by atoms with van der Waals surface area (Å²) < 4.78 is 0.887. The Hall–Kier alpha value is -1.26. The van der Waals surface area contributed by atoms with E-state index in [2.05, 4.69) is 0 Å². The van der Waals surface area contributed by atoms with Crippen molar-refractivity contribution >= 4 is 44.6 Å². The van der Waals surface area contributed by atoms with Gasteiger partial charge in [-0.2, -0.15) is 0 Å². The van der Waals surface area contributed by atoms with Crippen molar-refractivity contribution in [2.45, 2.75) is 13.8 Å². The summed E-state index contributed by atoms with van der Waals surface area (Å²) in [5.74, 6) is -0.0226. The number of carbonyl (C=O) groups excluding carboxylic acids is 1. The molecule has 0 atom stereocenters. The number of halogens is 1. The summed E-state index contributed by atoms with van der Waals surface area (Å²) in [6.07, 6.45) is 0. The van der Waals surface area contributed by atoms with E-state index in [0.717, 1.165) is 10.1 Å². The van der Waals surface area contributed by atoms with Gasteiger partial charge in [-0.25, -0.2) is 0 Å². The first-order valence-corrected chi connectivity index (χ1v) is 7.05. The zero-order chi connectivity index (χ0) is 13.3. The lowest BCUT2D eigenvalue weighted by molar-refractivity contribution is 0.0778. The Morgan fingerprint density at radius 2 is 2.06 bits per heavy atom. The van der Waals surface area contributed by atoms with E-state index in [0.29, 0.717) is 28.7 Å². The molecule has 5 heteroatoms. The highest BCUT2D eigenvalue weighted by atomic mass is 35.5. The Morgan fingerprint density at radius 1 is 1.39 bits per heavy atom. The number of fused-ring (bicyclic) bond motifs is 1. The summed E-state index contributed by atoms with van der Waals surface area (Å²) in [5, 5.41) is 1.37. The fourth-order valence-electron chi connectivity index (χ4n) is 1.90. The summed E-state index contributed by atoms with van der Waals surface area (Å²) >= 11 is 7.66. The molecule has 0 aliphatic carbocycles. The Labute approximate surface area is 115 Å². The van der Waals surface area contributed by atoms with E-state index in [1.165, 1.54) is 11.3 Å². The van der Waals surface area contributed by atoms with Crippen LogP contribution in [0.25, 0.3) is 10.1 Å². The molecule has 0 spiro atoms. The van der Waals surface area contributed by atoms with Gasteiger partial charge in [0.25, 0.3) is 5.91 Å². The van der Waals surface area contributed by atoms with Crippen LogP contribution in [0.1, 0.15) is 23.5 Å². The predicted octanol–water partition coefficient (Wildman–Crippen LogP) is 3.62. The van der Waals surface area contributed by atoms with Gasteiger partial charge in [0.1, 0.15) is 4.88 Å². The van der Waals surface area contributed by atoms with Crippen molar-refractivity contribution < 1.29 is 4.79 Å². The van der Waals surface area contributed by atoms with E-state index in [1.807, 2.05) is 32.0 Å². The number of carbonyl (C=O) groups is 1. The van der Waals surface area contributed by atoms with Crippen molar-refractivity contribution in [3.05, 3.63) is 28.1 Å². The van der Waals surface area contributed by atoms with Crippen LogP contribution in [0.15, 0.2) is 18.2 Å². The molecule has 1 heterocycles. The molecule has 3 nitrogen and oxygen atoms in total. The van der Waals surface area contributed by atoms with Gasteiger partial charge in [0.05, 0.1) is 9.72 Å². The summed E-state index contributed by atoms with van der Waals surface area (Å²) in [4.78, 5) is 14.7. The third-order valence-corrected chi connectivity index (χ3v) is 4.68. The Bertz CT molecular complexity index is 590. The van der Waals surface area contributed by atoms with Gasteiger partial charge in [-0.3, -0.25) is 4.79 Å². The number of nitrogen functional groups attached to an aromatic ring is 1. The average molecular weight is 283 g/mol. The highest BCUT2D eigenvalue weighted by Crippen LogP contribution is 2.38. The molecule has 0 radical (unpaired) electrons. The van der Waals surface area contributed by atoms with Crippen molar-refractivity contribution in [3.63, 3.8) is 0 Å². The van der Waals surface area contributed by atoms with Crippen LogP contribution in [0, 0.1) is 0 Å². The molecule has 1 aromatic carbocycles. The maximum atomic E-state index is 12.3. The third kappa shape index (κ3) is 2.06. The van der Waals surface area contributed by atoms with Gasteiger partial charge in [0, 0.05) is 24.2 Å². The molecular weight excluding hydrogens is 268 g/mol. The van der Waals surface area contributed by atoms with Gasteiger partial charge in [-0.05, 0) is 19.9 Å². The molecule has 2 N–H and O–H groups in total. The molecule has 1 amide bonds. The van der Waals surface area contributed by atoms with Gasteiger partial charge in [0.15, 0.2) is 0 Å². The van der Waals surface area contributed by atoms with Crippen molar-refractivity contribution in [2.75, 3.05) is 18.8 Å². The monoisotopic (exact) mass is 282 g/mol. The van der Waals surface area contributed by atoms with E-state index in [9.17, 15) is 4.79 Å². The van der Waals surface area contributed by atoms with Crippen molar-refractivity contribution in [1.29, 1.82) is 0 Å². The molecule has 1 aromatic heterocycles. The first-order valence-electron chi connectivity index (χ1n) is 5.85. The lowest BCUT2D eigenvalue weighted by Gasteiger charge is -2.17. The van der Waals surface area contributed by atoms with E-state index in [1.54, 1.807) is 4.90 Å². The SMILES string of the molecule is CCN(CC)C(=O)c1sc2c(N)cccc2c1Cl. The molecule has 0 unspecified atom stereocenters. The predicted molar refractivity (Wildman–Crippen MR) is 78.5 cm³/mol. The second-order valence-corrected chi connectivity index (χ2v) is 5.35. The second-order valence-electron chi connectivity index (χ2n) is 3.95. The number of anilines is 1. The molecule has 0 aliphatic heterocycles. The molecule has 18 heavy (non-hydrogen) atoms. The summed E-state index contributed by atoms with van der Waals surface area (Å²) in [5.41, 5.74) is 6.57. The zero-order valence-electron chi connectivity index (χ0n) is 10.4. The van der Waals surface area contributed by atoms with Crippen LogP contribution >= 0.6 is 22.9 Å². The molecule has 0 saturated carbocycles. The lowest BCUT2D eigenvalue weighted by Crippen LogP contribution is -2.29. The average Bonchev–Trinajstić information content (AvgIpc) is 2.70. The molecule has 0 bridgehead atoms. The van der Waals surface area contributed by atoms with Crippen LogP contribution in [0.4, 0.5) is 5.69 Å². The molecule has 0 fully saturated rings. The van der Waals surface area contributed by atoms with Crippen molar-refractivity contribution in [2.24, 2.45) is 0 Å². The van der Waals surface area contributed by atoms with Gasteiger partial charge in [-0.1, -0.05) is 23.7 Å².